The quantitative estimate of drug-likeness (QED) is 0.524. The first kappa shape index (κ1) is 24.2. The van der Waals surface area contributed by atoms with Gasteiger partial charge >= 0.3 is 11.9 Å². The lowest BCUT2D eigenvalue weighted by atomic mass is 10.0. The molecule has 0 fully saturated rings. The summed E-state index contributed by atoms with van der Waals surface area (Å²) in [6, 6.07) is 11.0. The van der Waals surface area contributed by atoms with Crippen LogP contribution in [0.1, 0.15) is 45.1 Å². The lowest BCUT2D eigenvalue weighted by molar-refractivity contribution is -0.135. The van der Waals surface area contributed by atoms with Gasteiger partial charge in [0.25, 0.3) is 5.56 Å². The van der Waals surface area contributed by atoms with Crippen LogP contribution in [0.5, 0.6) is 0 Å². The van der Waals surface area contributed by atoms with Crippen molar-refractivity contribution in [2.45, 2.75) is 34.2 Å². The van der Waals surface area contributed by atoms with Crippen molar-refractivity contribution in [1.29, 1.82) is 0 Å². The van der Waals surface area contributed by atoms with Crippen LogP contribution in [-0.2, 0) is 20.8 Å². The molecule has 3 aromatic rings. The number of hydrogen-bond acceptors (Lipinski definition) is 6. The van der Waals surface area contributed by atoms with E-state index >= 15 is 0 Å². The average molecular weight is 466 g/mol. The van der Waals surface area contributed by atoms with Crippen LogP contribution in [0.2, 0.25) is 0 Å². The molecule has 0 N–H and O–H groups in total. The molecule has 172 valence electrons. The number of rotatable bonds is 6. The van der Waals surface area contributed by atoms with Gasteiger partial charge in [0, 0.05) is 0 Å². The third kappa shape index (κ3) is 5.68. The highest BCUT2D eigenvalue weighted by molar-refractivity contribution is 7.07. The molecular weight excluding hydrogens is 438 g/mol. The molecule has 0 bridgehead atoms. The first-order valence-corrected chi connectivity index (χ1v) is 11.4. The monoisotopic (exact) mass is 465 g/mol. The summed E-state index contributed by atoms with van der Waals surface area (Å²) in [5, 5.41) is 0. The van der Waals surface area contributed by atoms with E-state index in [4.69, 9.17) is 9.47 Å². The van der Waals surface area contributed by atoms with Crippen LogP contribution in [0.25, 0.3) is 12.2 Å². The molecule has 0 aliphatic heterocycles. The van der Waals surface area contributed by atoms with E-state index in [2.05, 4.69) is 19.1 Å². The molecule has 33 heavy (non-hydrogen) atoms. The van der Waals surface area contributed by atoms with Gasteiger partial charge in [0.15, 0.2) is 0 Å². The fourth-order valence-corrected chi connectivity index (χ4v) is 4.43. The van der Waals surface area contributed by atoms with Crippen LogP contribution in [-0.4, -0.2) is 30.2 Å². The van der Waals surface area contributed by atoms with Crippen molar-refractivity contribution < 1.29 is 19.1 Å². The Bertz CT molecular complexity index is 1360. The van der Waals surface area contributed by atoms with Gasteiger partial charge in [0.2, 0.25) is 0 Å². The van der Waals surface area contributed by atoms with E-state index in [0.717, 1.165) is 22.3 Å². The van der Waals surface area contributed by atoms with Crippen LogP contribution in [0.15, 0.2) is 41.2 Å². The van der Waals surface area contributed by atoms with E-state index in [9.17, 15) is 14.4 Å². The van der Waals surface area contributed by atoms with Gasteiger partial charge in [-0.3, -0.25) is 9.36 Å². The second kappa shape index (κ2) is 10.4. The second-order valence-corrected chi connectivity index (χ2v) is 8.78. The fraction of sp³-hybridized carbons (Fsp3) is 0.269. The zero-order valence-electron chi connectivity index (χ0n) is 19.4. The molecule has 3 rings (SSSR count). The Hall–Kier alpha value is -3.45. The van der Waals surface area contributed by atoms with E-state index in [1.54, 1.807) is 35.8 Å². The SMILES string of the molecule is CCOC(=O)/C=c1\s/c(=C\c2cc(C)c(C)cc2C)c(=O)n1Cc1ccc(C(=O)OC)cc1. The van der Waals surface area contributed by atoms with E-state index in [-0.39, 0.29) is 18.7 Å². The molecule has 0 saturated carbocycles. The lowest BCUT2D eigenvalue weighted by Crippen LogP contribution is -2.32. The number of ether oxygens (including phenoxy) is 2. The number of hydrogen-bond donors (Lipinski definition) is 0. The van der Waals surface area contributed by atoms with Gasteiger partial charge in [-0.2, -0.15) is 0 Å². The molecule has 1 heterocycles. The van der Waals surface area contributed by atoms with Crippen molar-refractivity contribution in [3.8, 4) is 0 Å². The Labute approximate surface area is 196 Å². The van der Waals surface area contributed by atoms with Crippen LogP contribution in [0, 0.1) is 20.8 Å². The Morgan fingerprint density at radius 3 is 2.33 bits per heavy atom. The van der Waals surface area contributed by atoms with Gasteiger partial charge in [-0.15, -0.1) is 11.3 Å². The maximum Gasteiger partial charge on any atom is 0.337 e. The number of carbonyl (C=O) groups is 2. The molecule has 0 amide bonds. The van der Waals surface area contributed by atoms with Crippen molar-refractivity contribution in [3.63, 3.8) is 0 Å². The number of nitrogens with zero attached hydrogens (tertiary/aromatic N) is 1. The number of aryl methyl sites for hydroxylation is 3. The summed E-state index contributed by atoms with van der Waals surface area (Å²) in [5.41, 5.74) is 5.44. The smallest absolute Gasteiger partial charge is 0.337 e. The highest BCUT2D eigenvalue weighted by Gasteiger charge is 2.10. The van der Waals surface area contributed by atoms with Crippen molar-refractivity contribution in [2.75, 3.05) is 13.7 Å². The number of carbonyl (C=O) groups excluding carboxylic acids is 2. The Morgan fingerprint density at radius 1 is 1.03 bits per heavy atom. The number of aromatic nitrogens is 1. The zero-order valence-corrected chi connectivity index (χ0v) is 20.2. The van der Waals surface area contributed by atoms with E-state index in [0.29, 0.717) is 14.8 Å². The lowest BCUT2D eigenvalue weighted by Gasteiger charge is -2.05. The molecule has 1 aromatic heterocycles. The molecule has 2 aromatic carbocycles. The first-order valence-electron chi connectivity index (χ1n) is 10.6. The van der Waals surface area contributed by atoms with Crippen LogP contribution >= 0.6 is 11.3 Å². The third-order valence-electron chi connectivity index (χ3n) is 5.35. The highest BCUT2D eigenvalue weighted by atomic mass is 32.1. The minimum Gasteiger partial charge on any atom is -0.465 e. The van der Waals surface area contributed by atoms with E-state index in [1.165, 1.54) is 30.1 Å². The van der Waals surface area contributed by atoms with Gasteiger partial charge in [-0.05, 0) is 73.7 Å². The highest BCUT2D eigenvalue weighted by Crippen LogP contribution is 2.15. The molecule has 0 radical (unpaired) electrons. The molecule has 0 atom stereocenters. The summed E-state index contributed by atoms with van der Waals surface area (Å²) >= 11 is 1.25. The summed E-state index contributed by atoms with van der Waals surface area (Å²) < 4.78 is 12.4. The summed E-state index contributed by atoms with van der Waals surface area (Å²) in [5.74, 6) is -0.923. The zero-order chi connectivity index (χ0) is 24.1. The number of benzene rings is 2. The van der Waals surface area contributed by atoms with Gasteiger partial charge < -0.3 is 9.47 Å². The number of methoxy groups -OCH3 is 1. The summed E-state index contributed by atoms with van der Waals surface area (Å²) in [6.45, 7) is 8.35. The van der Waals surface area contributed by atoms with Gasteiger partial charge in [0.1, 0.15) is 4.66 Å². The summed E-state index contributed by atoms with van der Waals surface area (Å²) in [7, 11) is 1.33. The normalized spacial score (nSPS) is 12.2. The van der Waals surface area contributed by atoms with Crippen molar-refractivity contribution in [3.05, 3.63) is 89.3 Å². The molecule has 0 spiro atoms. The minimum absolute atomic E-state index is 0.190. The number of thiazole rings is 1. The average Bonchev–Trinajstić information content (AvgIpc) is 3.06. The topological polar surface area (TPSA) is 74.6 Å². The Balaban J connectivity index is 2.12. The maximum atomic E-state index is 13.3. The Kier molecular flexibility index (Phi) is 7.66. The molecular formula is C26H27NO5S. The van der Waals surface area contributed by atoms with Crippen molar-refractivity contribution in [2.24, 2.45) is 0 Å². The maximum absolute atomic E-state index is 13.3. The molecule has 7 heteroatoms. The van der Waals surface area contributed by atoms with Crippen molar-refractivity contribution >= 4 is 35.4 Å². The molecule has 0 saturated heterocycles. The standard InChI is InChI=1S/C26H27NO5S/c1-6-32-24(28)14-23-27(15-19-7-9-20(10-8-19)26(30)31-5)25(29)22(33-23)13-21-12-17(3)16(2)11-18(21)4/h7-14H,6,15H2,1-5H3/b22-13-,23-14-. The summed E-state index contributed by atoms with van der Waals surface area (Å²) in [6.07, 6.45) is 3.22. The second-order valence-electron chi connectivity index (χ2n) is 7.72. The third-order valence-corrected chi connectivity index (χ3v) is 6.41. The molecule has 0 aliphatic rings. The van der Waals surface area contributed by atoms with Gasteiger partial charge in [-0.25, -0.2) is 9.59 Å². The van der Waals surface area contributed by atoms with Gasteiger partial charge in [-0.1, -0.05) is 24.3 Å². The number of esters is 2. The van der Waals surface area contributed by atoms with Crippen LogP contribution in [0.3, 0.4) is 0 Å². The fourth-order valence-electron chi connectivity index (χ4n) is 3.40. The van der Waals surface area contributed by atoms with Crippen LogP contribution in [0.4, 0.5) is 0 Å². The van der Waals surface area contributed by atoms with Crippen molar-refractivity contribution in [1.82, 2.24) is 4.57 Å². The molecule has 6 nitrogen and oxygen atoms in total. The van der Waals surface area contributed by atoms with Gasteiger partial charge in [0.05, 0.1) is 36.4 Å². The Morgan fingerprint density at radius 2 is 1.70 bits per heavy atom. The predicted octanol–water partition coefficient (Wildman–Crippen LogP) is 2.84. The van der Waals surface area contributed by atoms with Crippen LogP contribution < -0.4 is 14.8 Å². The van der Waals surface area contributed by atoms with E-state index in [1.807, 2.05) is 19.9 Å². The van der Waals surface area contributed by atoms with E-state index < -0.39 is 11.9 Å². The predicted molar refractivity (Wildman–Crippen MR) is 130 cm³/mol. The molecule has 0 aliphatic carbocycles. The summed E-state index contributed by atoms with van der Waals surface area (Å²) in [4.78, 5) is 37.1. The first-order chi connectivity index (χ1) is 15.7. The largest absolute Gasteiger partial charge is 0.465 e. The molecule has 0 unspecified atom stereocenters. The minimum atomic E-state index is -0.498.